The second-order valence-corrected chi connectivity index (χ2v) is 12.6. The third kappa shape index (κ3) is 6.89. The van der Waals surface area contributed by atoms with Gasteiger partial charge in [0.05, 0.1) is 21.9 Å². The number of hydrogen-bond donors (Lipinski definition) is 2. The first kappa shape index (κ1) is 31.4. The van der Waals surface area contributed by atoms with Gasteiger partial charge in [-0.05, 0) is 42.8 Å². The number of nitrogens with one attached hydrogen (secondary N) is 2. The number of aryl methyl sites for hydroxylation is 2. The predicted molar refractivity (Wildman–Crippen MR) is 170 cm³/mol. The minimum absolute atomic E-state index is 0.0647. The zero-order valence-corrected chi connectivity index (χ0v) is 26.1. The summed E-state index contributed by atoms with van der Waals surface area (Å²) >= 11 is 6.49. The molecule has 1 aliphatic heterocycles. The van der Waals surface area contributed by atoms with E-state index in [0.29, 0.717) is 43.3 Å². The van der Waals surface area contributed by atoms with Gasteiger partial charge in [0.25, 0.3) is 17.5 Å². The lowest BCUT2D eigenvalue weighted by atomic mass is 10.0. The molecule has 2 heterocycles. The van der Waals surface area contributed by atoms with Gasteiger partial charge in [0.15, 0.2) is 5.69 Å². The predicted octanol–water partition coefficient (Wildman–Crippen LogP) is 3.94. The van der Waals surface area contributed by atoms with Gasteiger partial charge in [0.2, 0.25) is 10.0 Å². The first-order valence-electron chi connectivity index (χ1n) is 13.7. The van der Waals surface area contributed by atoms with Crippen LogP contribution in [0.3, 0.4) is 0 Å². The van der Waals surface area contributed by atoms with Gasteiger partial charge in [0.1, 0.15) is 11.4 Å². The molecule has 1 saturated heterocycles. The van der Waals surface area contributed by atoms with Crippen molar-refractivity contribution in [1.29, 1.82) is 0 Å². The van der Waals surface area contributed by atoms with Gasteiger partial charge < -0.3 is 15.1 Å². The number of carbonyl (C=O) groups excluding carboxylic acids is 2. The number of carbonyl (C=O) groups is 2. The van der Waals surface area contributed by atoms with Crippen LogP contribution in [0.15, 0.2) is 60.7 Å². The Kier molecular flexibility index (Phi) is 8.75. The number of hydrogen-bond acceptors (Lipinski definition) is 9. The molecule has 0 bridgehead atoms. The first-order chi connectivity index (χ1) is 21.3. The standard InChI is InChI=1S/C29H29ClN8O6S/c1-18-6-4-5-7-21(18)26-27(35(2)34-32-26)29(40)37-14-12-36(13-15-37)24-17-23(25(38(41)42)16-22(24)30)31-28(39)19-8-10-20(11-9-19)33-45(3,43)44/h4-11,16-17,33H,12-15H2,1-3H3,(H,31,39). The van der Waals surface area contributed by atoms with Crippen molar-refractivity contribution >= 4 is 56.2 Å². The van der Waals surface area contributed by atoms with Gasteiger partial charge in [-0.1, -0.05) is 41.1 Å². The van der Waals surface area contributed by atoms with Gasteiger partial charge in [-0.15, -0.1) is 5.10 Å². The van der Waals surface area contributed by atoms with Crippen LogP contribution >= 0.6 is 11.6 Å². The molecule has 234 valence electrons. The Bertz CT molecular complexity index is 1900. The fourth-order valence-electron chi connectivity index (χ4n) is 5.06. The number of piperazine rings is 1. The molecule has 0 atom stereocenters. The minimum Gasteiger partial charge on any atom is -0.367 e. The van der Waals surface area contributed by atoms with Crippen LogP contribution in [0.1, 0.15) is 26.4 Å². The van der Waals surface area contributed by atoms with Gasteiger partial charge in [-0.25, -0.2) is 13.1 Å². The van der Waals surface area contributed by atoms with Crippen molar-refractivity contribution < 1.29 is 22.9 Å². The number of benzene rings is 3. The Labute approximate surface area is 263 Å². The summed E-state index contributed by atoms with van der Waals surface area (Å²) in [4.78, 5) is 41.4. The number of nitro groups is 1. The maximum atomic E-state index is 13.6. The lowest BCUT2D eigenvalue weighted by Crippen LogP contribution is -2.49. The summed E-state index contributed by atoms with van der Waals surface area (Å²) in [6.45, 7) is 3.35. The number of nitro benzene ring substituents is 1. The Balaban J connectivity index is 1.33. The molecule has 1 fully saturated rings. The Morgan fingerprint density at radius 2 is 1.69 bits per heavy atom. The van der Waals surface area contributed by atoms with Gasteiger partial charge in [-0.3, -0.25) is 24.4 Å². The Morgan fingerprint density at radius 1 is 1.02 bits per heavy atom. The summed E-state index contributed by atoms with van der Waals surface area (Å²) in [6, 6.07) is 15.8. The lowest BCUT2D eigenvalue weighted by molar-refractivity contribution is -0.383. The molecule has 45 heavy (non-hydrogen) atoms. The SMILES string of the molecule is Cc1ccccc1-c1nnn(C)c1C(=O)N1CCN(c2cc(NC(=O)c3ccc(NS(C)(=O)=O)cc3)c([N+](=O)[O-])cc2Cl)CC1. The van der Waals surface area contributed by atoms with Crippen LogP contribution in [0.25, 0.3) is 11.3 Å². The van der Waals surface area contributed by atoms with Crippen LogP contribution in [0.5, 0.6) is 0 Å². The van der Waals surface area contributed by atoms with Crippen molar-refractivity contribution in [1.82, 2.24) is 19.9 Å². The number of amides is 2. The molecule has 0 unspecified atom stereocenters. The Hall–Kier alpha value is -5.02. The van der Waals surface area contributed by atoms with Crippen molar-refractivity contribution in [3.05, 3.63) is 92.6 Å². The van der Waals surface area contributed by atoms with E-state index in [0.717, 1.165) is 17.4 Å². The highest BCUT2D eigenvalue weighted by molar-refractivity contribution is 7.92. The molecule has 2 amide bonds. The summed E-state index contributed by atoms with van der Waals surface area (Å²) in [7, 11) is -1.83. The molecule has 4 aromatic rings. The summed E-state index contributed by atoms with van der Waals surface area (Å²) < 4.78 is 26.7. The van der Waals surface area contributed by atoms with Gasteiger partial charge >= 0.3 is 0 Å². The zero-order chi connectivity index (χ0) is 32.5. The largest absolute Gasteiger partial charge is 0.367 e. The third-order valence-corrected chi connectivity index (χ3v) is 8.21. The topological polar surface area (TPSA) is 173 Å². The molecule has 3 aromatic carbocycles. The molecular weight excluding hydrogens is 624 g/mol. The molecule has 5 rings (SSSR count). The third-order valence-electron chi connectivity index (χ3n) is 7.30. The summed E-state index contributed by atoms with van der Waals surface area (Å²) in [5.41, 5.74) is 3.08. The van der Waals surface area contributed by atoms with Crippen LogP contribution < -0.4 is 14.9 Å². The van der Waals surface area contributed by atoms with Crippen LogP contribution in [0, 0.1) is 17.0 Å². The van der Waals surface area contributed by atoms with E-state index in [1.807, 2.05) is 36.1 Å². The van der Waals surface area contributed by atoms with E-state index in [1.165, 1.54) is 41.1 Å². The van der Waals surface area contributed by atoms with E-state index >= 15 is 0 Å². The molecule has 0 radical (unpaired) electrons. The van der Waals surface area contributed by atoms with Crippen molar-refractivity contribution in [2.45, 2.75) is 6.92 Å². The van der Waals surface area contributed by atoms with Crippen LogP contribution in [-0.2, 0) is 17.1 Å². The van der Waals surface area contributed by atoms with Crippen molar-refractivity contribution in [2.24, 2.45) is 7.05 Å². The van der Waals surface area contributed by atoms with Crippen LogP contribution in [0.2, 0.25) is 5.02 Å². The molecule has 16 heteroatoms. The van der Waals surface area contributed by atoms with Crippen molar-refractivity contribution in [3.63, 3.8) is 0 Å². The first-order valence-corrected chi connectivity index (χ1v) is 16.0. The molecule has 1 aliphatic rings. The zero-order valence-electron chi connectivity index (χ0n) is 24.5. The monoisotopic (exact) mass is 652 g/mol. The fourth-order valence-corrected chi connectivity index (χ4v) is 5.90. The van der Waals surface area contributed by atoms with E-state index < -0.39 is 26.5 Å². The van der Waals surface area contributed by atoms with E-state index in [9.17, 15) is 28.1 Å². The van der Waals surface area contributed by atoms with E-state index in [4.69, 9.17) is 11.6 Å². The number of nitrogens with zero attached hydrogens (tertiary/aromatic N) is 6. The Morgan fingerprint density at radius 3 is 2.31 bits per heavy atom. The normalized spacial score (nSPS) is 13.4. The molecule has 1 aromatic heterocycles. The lowest BCUT2D eigenvalue weighted by Gasteiger charge is -2.36. The molecule has 14 nitrogen and oxygen atoms in total. The number of sulfonamides is 1. The summed E-state index contributed by atoms with van der Waals surface area (Å²) in [6.07, 6.45) is 1.00. The smallest absolute Gasteiger partial charge is 0.294 e. The number of anilines is 3. The van der Waals surface area contributed by atoms with Crippen LogP contribution in [0.4, 0.5) is 22.7 Å². The molecule has 0 saturated carbocycles. The fraction of sp³-hybridized carbons (Fsp3) is 0.241. The highest BCUT2D eigenvalue weighted by Crippen LogP contribution is 2.37. The number of rotatable bonds is 8. The number of halogens is 1. The van der Waals surface area contributed by atoms with Crippen LogP contribution in [-0.4, -0.2) is 77.5 Å². The quantitative estimate of drug-likeness (QED) is 0.211. The highest BCUT2D eigenvalue weighted by atomic mass is 35.5. The molecule has 0 aliphatic carbocycles. The second kappa shape index (κ2) is 12.5. The molecule has 0 spiro atoms. The average Bonchev–Trinajstić information content (AvgIpc) is 3.38. The molecule has 2 N–H and O–H groups in total. The highest BCUT2D eigenvalue weighted by Gasteiger charge is 2.30. The van der Waals surface area contributed by atoms with Gasteiger partial charge in [0, 0.05) is 56.1 Å². The second-order valence-electron chi connectivity index (χ2n) is 10.5. The van der Waals surface area contributed by atoms with Gasteiger partial charge in [-0.2, -0.15) is 0 Å². The average molecular weight is 653 g/mol. The summed E-state index contributed by atoms with van der Waals surface area (Å²) in [5, 5.41) is 22.9. The van der Waals surface area contributed by atoms with E-state index in [2.05, 4.69) is 20.4 Å². The number of aromatic nitrogens is 3. The van der Waals surface area contributed by atoms with Crippen molar-refractivity contribution in [2.75, 3.05) is 47.4 Å². The molecular formula is C29H29ClN8O6S. The van der Waals surface area contributed by atoms with Crippen molar-refractivity contribution in [3.8, 4) is 11.3 Å². The van der Waals surface area contributed by atoms with E-state index in [1.54, 1.807) is 11.9 Å². The maximum absolute atomic E-state index is 13.6. The maximum Gasteiger partial charge on any atom is 0.294 e. The van der Waals surface area contributed by atoms with E-state index in [-0.39, 0.29) is 27.9 Å². The minimum atomic E-state index is -3.50. The summed E-state index contributed by atoms with van der Waals surface area (Å²) in [5.74, 6) is -0.858.